The lowest BCUT2D eigenvalue weighted by atomic mass is 9.83. The smallest absolute Gasteiger partial charge is 0.317 e. The number of aliphatic hydroxyl groups is 1. The Hall–Kier alpha value is -0.770. The number of hydrogen-bond donors (Lipinski definition) is 2. The first kappa shape index (κ1) is 14.6. The van der Waals surface area contributed by atoms with Crippen molar-refractivity contribution in [2.45, 2.75) is 57.5 Å². The molecular weight excluding hydrogens is 240 g/mol. The van der Waals surface area contributed by atoms with Crippen molar-refractivity contribution in [3.8, 4) is 0 Å². The Bertz CT molecular complexity index is 292. The lowest BCUT2D eigenvalue weighted by Gasteiger charge is -2.31. The van der Waals surface area contributed by atoms with E-state index in [0.29, 0.717) is 6.54 Å². The van der Waals surface area contributed by atoms with Crippen LogP contribution in [-0.2, 0) is 0 Å². The molecule has 0 spiro atoms. The minimum atomic E-state index is -0.223. The first-order chi connectivity index (χ1) is 9.16. The van der Waals surface area contributed by atoms with Gasteiger partial charge in [0.2, 0.25) is 0 Å². The summed E-state index contributed by atoms with van der Waals surface area (Å²) in [6, 6.07) is 0.0112. The predicted molar refractivity (Wildman–Crippen MR) is 76.0 cm³/mol. The summed E-state index contributed by atoms with van der Waals surface area (Å²) in [5.74, 6) is 1.10. The SMILES string of the molecule is CN(CC1CCCCC1O)C(=O)NCCC1CCC1. The highest BCUT2D eigenvalue weighted by Gasteiger charge is 2.25. The van der Waals surface area contributed by atoms with Gasteiger partial charge in [-0.15, -0.1) is 0 Å². The minimum absolute atomic E-state index is 0.0112. The molecule has 0 aromatic heterocycles. The first-order valence-corrected chi connectivity index (χ1v) is 7.84. The molecule has 2 amide bonds. The molecule has 2 unspecified atom stereocenters. The Morgan fingerprint density at radius 3 is 2.58 bits per heavy atom. The van der Waals surface area contributed by atoms with E-state index in [0.717, 1.165) is 38.1 Å². The van der Waals surface area contributed by atoms with Crippen molar-refractivity contribution in [1.82, 2.24) is 10.2 Å². The fourth-order valence-electron chi connectivity index (χ4n) is 3.14. The average Bonchev–Trinajstić information content (AvgIpc) is 2.34. The molecule has 2 N–H and O–H groups in total. The number of urea groups is 1. The number of nitrogens with zero attached hydrogens (tertiary/aromatic N) is 1. The topological polar surface area (TPSA) is 52.6 Å². The van der Waals surface area contributed by atoms with Crippen LogP contribution in [0.5, 0.6) is 0 Å². The molecule has 2 atom stereocenters. The molecule has 0 aromatic rings. The van der Waals surface area contributed by atoms with Crippen LogP contribution in [0.4, 0.5) is 4.79 Å². The Morgan fingerprint density at radius 1 is 1.21 bits per heavy atom. The van der Waals surface area contributed by atoms with E-state index in [4.69, 9.17) is 0 Å². The van der Waals surface area contributed by atoms with Gasteiger partial charge in [0.1, 0.15) is 0 Å². The third-order valence-electron chi connectivity index (χ3n) is 4.78. The summed E-state index contributed by atoms with van der Waals surface area (Å²) < 4.78 is 0. The number of amides is 2. The number of carbonyl (C=O) groups excluding carboxylic acids is 1. The summed E-state index contributed by atoms with van der Waals surface area (Å²) in [6.07, 6.45) is 9.15. The molecule has 19 heavy (non-hydrogen) atoms. The van der Waals surface area contributed by atoms with Crippen molar-refractivity contribution < 1.29 is 9.90 Å². The highest BCUT2D eigenvalue weighted by molar-refractivity contribution is 5.73. The zero-order valence-electron chi connectivity index (χ0n) is 12.1. The van der Waals surface area contributed by atoms with Crippen LogP contribution in [-0.4, -0.2) is 42.3 Å². The van der Waals surface area contributed by atoms with E-state index in [9.17, 15) is 9.90 Å². The molecule has 0 bridgehead atoms. The van der Waals surface area contributed by atoms with Gasteiger partial charge < -0.3 is 15.3 Å². The van der Waals surface area contributed by atoms with Gasteiger partial charge in [0.25, 0.3) is 0 Å². The van der Waals surface area contributed by atoms with Gasteiger partial charge in [0.05, 0.1) is 6.10 Å². The van der Waals surface area contributed by atoms with Gasteiger partial charge in [-0.1, -0.05) is 32.1 Å². The third kappa shape index (κ3) is 4.37. The van der Waals surface area contributed by atoms with E-state index in [2.05, 4.69) is 5.32 Å². The van der Waals surface area contributed by atoms with Crippen LogP contribution in [0.3, 0.4) is 0 Å². The lowest BCUT2D eigenvalue weighted by Crippen LogP contribution is -2.43. The van der Waals surface area contributed by atoms with Crippen LogP contribution < -0.4 is 5.32 Å². The summed E-state index contributed by atoms with van der Waals surface area (Å²) in [5, 5.41) is 12.9. The van der Waals surface area contributed by atoms with Crippen LogP contribution in [0.1, 0.15) is 51.4 Å². The van der Waals surface area contributed by atoms with Crippen LogP contribution in [0.15, 0.2) is 0 Å². The Labute approximate surface area is 116 Å². The second-order valence-electron chi connectivity index (χ2n) is 6.31. The zero-order chi connectivity index (χ0) is 13.7. The van der Waals surface area contributed by atoms with Crippen LogP contribution in [0, 0.1) is 11.8 Å². The summed E-state index contributed by atoms with van der Waals surface area (Å²) in [7, 11) is 1.83. The maximum Gasteiger partial charge on any atom is 0.317 e. The number of nitrogens with one attached hydrogen (secondary N) is 1. The normalized spacial score (nSPS) is 27.7. The molecule has 0 saturated heterocycles. The van der Waals surface area contributed by atoms with Crippen molar-refractivity contribution >= 4 is 6.03 Å². The first-order valence-electron chi connectivity index (χ1n) is 7.84. The summed E-state index contributed by atoms with van der Waals surface area (Å²) >= 11 is 0. The van der Waals surface area contributed by atoms with Gasteiger partial charge in [0.15, 0.2) is 0 Å². The standard InChI is InChI=1S/C15H28N2O2/c1-17(11-13-7-2-3-8-14(13)18)15(19)16-10-9-12-5-4-6-12/h12-14,18H,2-11H2,1H3,(H,16,19). The van der Waals surface area contributed by atoms with Crippen molar-refractivity contribution in [1.29, 1.82) is 0 Å². The third-order valence-corrected chi connectivity index (χ3v) is 4.78. The van der Waals surface area contributed by atoms with Crippen molar-refractivity contribution in [2.24, 2.45) is 11.8 Å². The van der Waals surface area contributed by atoms with E-state index in [1.165, 1.54) is 25.7 Å². The summed E-state index contributed by atoms with van der Waals surface area (Å²) in [6.45, 7) is 1.47. The number of carbonyl (C=O) groups is 1. The van der Waals surface area contributed by atoms with E-state index >= 15 is 0 Å². The Kier molecular flexibility index (Phi) is 5.49. The van der Waals surface area contributed by atoms with E-state index in [1.54, 1.807) is 4.90 Å². The summed E-state index contributed by atoms with van der Waals surface area (Å²) in [4.78, 5) is 13.7. The van der Waals surface area contributed by atoms with Gasteiger partial charge in [-0.25, -0.2) is 4.79 Å². The maximum atomic E-state index is 11.9. The number of hydrogen-bond acceptors (Lipinski definition) is 2. The number of aliphatic hydroxyl groups excluding tert-OH is 1. The van der Waals surface area contributed by atoms with Gasteiger partial charge in [0, 0.05) is 26.1 Å². The van der Waals surface area contributed by atoms with E-state index < -0.39 is 0 Å². The summed E-state index contributed by atoms with van der Waals surface area (Å²) in [5.41, 5.74) is 0. The Balaban J connectivity index is 1.63. The van der Waals surface area contributed by atoms with Crippen molar-refractivity contribution in [3.05, 3.63) is 0 Å². The molecule has 2 aliphatic rings. The molecule has 2 aliphatic carbocycles. The van der Waals surface area contributed by atoms with Crippen LogP contribution in [0.2, 0.25) is 0 Å². The van der Waals surface area contributed by atoms with Gasteiger partial charge in [-0.3, -0.25) is 0 Å². The fourth-order valence-corrected chi connectivity index (χ4v) is 3.14. The molecule has 0 radical (unpaired) electrons. The van der Waals surface area contributed by atoms with E-state index in [1.807, 2.05) is 7.05 Å². The van der Waals surface area contributed by atoms with Gasteiger partial charge >= 0.3 is 6.03 Å². The Morgan fingerprint density at radius 2 is 1.95 bits per heavy atom. The van der Waals surface area contributed by atoms with Gasteiger partial charge in [-0.05, 0) is 25.2 Å². The second-order valence-corrected chi connectivity index (χ2v) is 6.31. The molecule has 4 nitrogen and oxygen atoms in total. The van der Waals surface area contributed by atoms with E-state index in [-0.39, 0.29) is 18.1 Å². The highest BCUT2D eigenvalue weighted by Crippen LogP contribution is 2.28. The largest absolute Gasteiger partial charge is 0.393 e. The quantitative estimate of drug-likeness (QED) is 0.804. The number of rotatable bonds is 5. The molecular formula is C15H28N2O2. The van der Waals surface area contributed by atoms with Gasteiger partial charge in [-0.2, -0.15) is 0 Å². The van der Waals surface area contributed by atoms with Crippen LogP contribution >= 0.6 is 0 Å². The molecule has 2 saturated carbocycles. The van der Waals surface area contributed by atoms with Crippen LogP contribution in [0.25, 0.3) is 0 Å². The van der Waals surface area contributed by atoms with Crippen molar-refractivity contribution in [2.75, 3.05) is 20.1 Å². The zero-order valence-corrected chi connectivity index (χ0v) is 12.1. The van der Waals surface area contributed by atoms with Crippen molar-refractivity contribution in [3.63, 3.8) is 0 Å². The minimum Gasteiger partial charge on any atom is -0.393 e. The predicted octanol–water partition coefficient (Wildman–Crippen LogP) is 2.37. The average molecular weight is 268 g/mol. The molecule has 2 rings (SSSR count). The highest BCUT2D eigenvalue weighted by atomic mass is 16.3. The maximum absolute atomic E-state index is 11.9. The monoisotopic (exact) mass is 268 g/mol. The molecule has 0 heterocycles. The molecule has 110 valence electrons. The lowest BCUT2D eigenvalue weighted by molar-refractivity contribution is 0.0564. The molecule has 0 aliphatic heterocycles. The fraction of sp³-hybridized carbons (Fsp3) is 0.933. The molecule has 0 aromatic carbocycles. The molecule has 2 fully saturated rings. The molecule has 4 heteroatoms. The second kappa shape index (κ2) is 7.13.